The molecular formula is C10H19BrO. The molecule has 2 heteroatoms. The summed E-state index contributed by atoms with van der Waals surface area (Å²) in [5, 5.41) is 0. The van der Waals surface area contributed by atoms with Crippen LogP contribution >= 0.6 is 15.9 Å². The Bertz CT molecular complexity index is 130. The van der Waals surface area contributed by atoms with Gasteiger partial charge in [0.15, 0.2) is 0 Å². The lowest BCUT2D eigenvalue weighted by Gasteiger charge is -2.39. The second kappa shape index (κ2) is 4.61. The van der Waals surface area contributed by atoms with E-state index in [4.69, 9.17) is 4.74 Å². The SMILES string of the molecule is CCOC1CC(C(Br)C(C)C)C1. The summed E-state index contributed by atoms with van der Waals surface area (Å²) in [7, 11) is 0. The van der Waals surface area contributed by atoms with Crippen LogP contribution in [0.4, 0.5) is 0 Å². The van der Waals surface area contributed by atoms with Crippen molar-refractivity contribution >= 4 is 15.9 Å². The van der Waals surface area contributed by atoms with Gasteiger partial charge >= 0.3 is 0 Å². The summed E-state index contributed by atoms with van der Waals surface area (Å²) in [6.45, 7) is 7.48. The normalized spacial score (nSPS) is 31.8. The zero-order valence-electron chi connectivity index (χ0n) is 8.22. The van der Waals surface area contributed by atoms with E-state index in [2.05, 4.69) is 36.7 Å². The zero-order chi connectivity index (χ0) is 9.14. The fourth-order valence-corrected chi connectivity index (χ4v) is 2.21. The van der Waals surface area contributed by atoms with Gasteiger partial charge in [0.25, 0.3) is 0 Å². The van der Waals surface area contributed by atoms with Gasteiger partial charge in [0.1, 0.15) is 0 Å². The predicted octanol–water partition coefficient (Wildman–Crippen LogP) is 3.22. The van der Waals surface area contributed by atoms with E-state index >= 15 is 0 Å². The van der Waals surface area contributed by atoms with Gasteiger partial charge in [-0.05, 0) is 31.6 Å². The first-order valence-electron chi connectivity index (χ1n) is 4.90. The highest BCUT2D eigenvalue weighted by Crippen LogP contribution is 2.38. The van der Waals surface area contributed by atoms with Crippen molar-refractivity contribution in [3.8, 4) is 0 Å². The van der Waals surface area contributed by atoms with Gasteiger partial charge in [0.05, 0.1) is 6.10 Å². The summed E-state index contributed by atoms with van der Waals surface area (Å²) in [5.41, 5.74) is 0. The largest absolute Gasteiger partial charge is 0.378 e. The second-order valence-electron chi connectivity index (χ2n) is 4.00. The smallest absolute Gasteiger partial charge is 0.0581 e. The standard InChI is InChI=1S/C10H19BrO/c1-4-12-9-5-8(6-9)10(11)7(2)3/h7-10H,4-6H2,1-3H3. The van der Waals surface area contributed by atoms with Crippen LogP contribution in [-0.4, -0.2) is 17.5 Å². The lowest BCUT2D eigenvalue weighted by Crippen LogP contribution is -2.38. The van der Waals surface area contributed by atoms with Gasteiger partial charge < -0.3 is 4.74 Å². The van der Waals surface area contributed by atoms with E-state index in [9.17, 15) is 0 Å². The number of rotatable bonds is 4. The molecule has 1 rings (SSSR count). The number of hydrogen-bond donors (Lipinski definition) is 0. The first kappa shape index (κ1) is 10.5. The molecule has 0 saturated heterocycles. The molecular weight excluding hydrogens is 216 g/mol. The number of halogens is 1. The van der Waals surface area contributed by atoms with E-state index in [1.54, 1.807) is 0 Å². The summed E-state index contributed by atoms with van der Waals surface area (Å²) in [4.78, 5) is 0.689. The van der Waals surface area contributed by atoms with Crippen molar-refractivity contribution in [3.05, 3.63) is 0 Å². The molecule has 1 saturated carbocycles. The van der Waals surface area contributed by atoms with Crippen molar-refractivity contribution in [1.82, 2.24) is 0 Å². The molecule has 1 atom stereocenters. The fourth-order valence-electron chi connectivity index (χ4n) is 1.78. The van der Waals surface area contributed by atoms with Crippen LogP contribution in [0.1, 0.15) is 33.6 Å². The van der Waals surface area contributed by atoms with Crippen molar-refractivity contribution in [3.63, 3.8) is 0 Å². The summed E-state index contributed by atoms with van der Waals surface area (Å²) >= 11 is 3.74. The maximum atomic E-state index is 5.52. The van der Waals surface area contributed by atoms with Gasteiger partial charge in [0, 0.05) is 11.4 Å². The average Bonchev–Trinajstić information content (AvgIpc) is 1.94. The first-order chi connectivity index (χ1) is 5.65. The van der Waals surface area contributed by atoms with Crippen LogP contribution in [0.5, 0.6) is 0 Å². The molecule has 1 aliphatic rings. The summed E-state index contributed by atoms with van der Waals surface area (Å²) in [6.07, 6.45) is 3.06. The molecule has 1 nitrogen and oxygen atoms in total. The van der Waals surface area contributed by atoms with E-state index < -0.39 is 0 Å². The van der Waals surface area contributed by atoms with Crippen LogP contribution in [0, 0.1) is 11.8 Å². The molecule has 0 aromatic rings. The molecule has 0 radical (unpaired) electrons. The molecule has 1 aliphatic carbocycles. The Kier molecular flexibility index (Phi) is 4.04. The minimum absolute atomic E-state index is 0.554. The average molecular weight is 235 g/mol. The molecule has 0 amide bonds. The highest BCUT2D eigenvalue weighted by Gasteiger charge is 2.35. The van der Waals surface area contributed by atoms with Gasteiger partial charge in [-0.2, -0.15) is 0 Å². The highest BCUT2D eigenvalue weighted by molar-refractivity contribution is 9.09. The summed E-state index contributed by atoms with van der Waals surface area (Å²) < 4.78 is 5.52. The van der Waals surface area contributed by atoms with E-state index in [1.165, 1.54) is 12.8 Å². The molecule has 12 heavy (non-hydrogen) atoms. The minimum atomic E-state index is 0.554. The number of ether oxygens (including phenoxy) is 1. The van der Waals surface area contributed by atoms with Crippen LogP contribution in [0.15, 0.2) is 0 Å². The maximum absolute atomic E-state index is 5.52. The Morgan fingerprint density at radius 1 is 1.42 bits per heavy atom. The molecule has 72 valence electrons. The Labute approximate surface area is 84.0 Å². The van der Waals surface area contributed by atoms with Gasteiger partial charge in [-0.1, -0.05) is 29.8 Å². The fraction of sp³-hybridized carbons (Fsp3) is 1.00. The molecule has 0 aliphatic heterocycles. The van der Waals surface area contributed by atoms with Crippen molar-refractivity contribution < 1.29 is 4.74 Å². The van der Waals surface area contributed by atoms with Gasteiger partial charge in [-0.3, -0.25) is 0 Å². The van der Waals surface area contributed by atoms with Crippen molar-refractivity contribution in [2.24, 2.45) is 11.8 Å². The van der Waals surface area contributed by atoms with E-state index in [0.717, 1.165) is 18.4 Å². The van der Waals surface area contributed by atoms with Crippen molar-refractivity contribution in [2.45, 2.75) is 44.5 Å². The lowest BCUT2D eigenvalue weighted by atomic mass is 9.77. The van der Waals surface area contributed by atoms with Crippen LogP contribution in [0.25, 0.3) is 0 Å². The highest BCUT2D eigenvalue weighted by atomic mass is 79.9. The Hall–Kier alpha value is 0.440. The first-order valence-corrected chi connectivity index (χ1v) is 5.82. The molecule has 0 heterocycles. The molecule has 0 N–H and O–H groups in total. The van der Waals surface area contributed by atoms with E-state index in [-0.39, 0.29) is 0 Å². The maximum Gasteiger partial charge on any atom is 0.0581 e. The molecule has 0 aromatic carbocycles. The van der Waals surface area contributed by atoms with Gasteiger partial charge in [-0.25, -0.2) is 0 Å². The quantitative estimate of drug-likeness (QED) is 0.680. The Balaban J connectivity index is 2.16. The third-order valence-electron chi connectivity index (χ3n) is 2.62. The molecule has 0 aromatic heterocycles. The summed E-state index contributed by atoms with van der Waals surface area (Å²) in [6, 6.07) is 0. The number of hydrogen-bond acceptors (Lipinski definition) is 1. The van der Waals surface area contributed by atoms with Crippen LogP contribution in [0.3, 0.4) is 0 Å². The van der Waals surface area contributed by atoms with E-state index in [1.807, 2.05) is 0 Å². The van der Waals surface area contributed by atoms with Crippen molar-refractivity contribution in [1.29, 1.82) is 0 Å². The number of alkyl halides is 1. The third kappa shape index (κ3) is 2.46. The summed E-state index contributed by atoms with van der Waals surface area (Å²) in [5.74, 6) is 1.60. The predicted molar refractivity (Wildman–Crippen MR) is 55.7 cm³/mol. The molecule has 0 spiro atoms. The zero-order valence-corrected chi connectivity index (χ0v) is 9.80. The van der Waals surface area contributed by atoms with Crippen LogP contribution in [-0.2, 0) is 4.74 Å². The topological polar surface area (TPSA) is 9.23 Å². The van der Waals surface area contributed by atoms with Crippen LogP contribution in [0.2, 0.25) is 0 Å². The minimum Gasteiger partial charge on any atom is -0.378 e. The Morgan fingerprint density at radius 3 is 2.42 bits per heavy atom. The molecule has 1 fully saturated rings. The second-order valence-corrected chi connectivity index (χ2v) is 5.05. The van der Waals surface area contributed by atoms with Crippen LogP contribution < -0.4 is 0 Å². The molecule has 0 bridgehead atoms. The van der Waals surface area contributed by atoms with Gasteiger partial charge in [-0.15, -0.1) is 0 Å². The Morgan fingerprint density at radius 2 is 2.00 bits per heavy atom. The molecule has 1 unspecified atom stereocenters. The third-order valence-corrected chi connectivity index (χ3v) is 4.43. The monoisotopic (exact) mass is 234 g/mol. The lowest BCUT2D eigenvalue weighted by molar-refractivity contribution is -0.0269. The van der Waals surface area contributed by atoms with Gasteiger partial charge in [0.2, 0.25) is 0 Å². The van der Waals surface area contributed by atoms with E-state index in [0.29, 0.717) is 10.9 Å². The van der Waals surface area contributed by atoms with Crippen molar-refractivity contribution in [2.75, 3.05) is 6.61 Å².